The number of nitrogens with zero attached hydrogens (tertiary/aromatic N) is 3. The van der Waals surface area contributed by atoms with Gasteiger partial charge < -0.3 is 14.2 Å². The third kappa shape index (κ3) is 4.52. The lowest BCUT2D eigenvalue weighted by Gasteiger charge is -2.34. The second-order valence-corrected chi connectivity index (χ2v) is 7.44. The molecule has 0 radical (unpaired) electrons. The van der Waals surface area contributed by atoms with E-state index in [9.17, 15) is 4.79 Å². The number of likely N-dealkylation sites (tertiary alicyclic amines) is 1. The van der Waals surface area contributed by atoms with Crippen molar-refractivity contribution in [3.8, 4) is 0 Å². The van der Waals surface area contributed by atoms with Crippen LogP contribution in [0.4, 0.5) is 0 Å². The fraction of sp³-hybridized carbons (Fsp3) is 0.524. The standard InChI is InChI=1S/C21H29N3O2/c1-16-7-4-5-9-19(16)10-12-24-11-6-8-18(14-24)13-23(3)21(25)20-17(2)22-15-26-20/h4-5,7,9,15,18H,6,8,10-14H2,1-3H3/t18-/m0/s1. The lowest BCUT2D eigenvalue weighted by molar-refractivity contribution is 0.0699. The number of oxazole rings is 1. The molecule has 140 valence electrons. The monoisotopic (exact) mass is 355 g/mol. The summed E-state index contributed by atoms with van der Waals surface area (Å²) in [5.41, 5.74) is 3.46. The first-order chi connectivity index (χ1) is 12.5. The van der Waals surface area contributed by atoms with Crippen LogP contribution in [0, 0.1) is 19.8 Å². The number of amides is 1. The normalized spacial score (nSPS) is 18.0. The minimum atomic E-state index is -0.0722. The topological polar surface area (TPSA) is 49.6 Å². The van der Waals surface area contributed by atoms with Crippen LogP contribution < -0.4 is 0 Å². The van der Waals surface area contributed by atoms with Crippen molar-refractivity contribution in [3.63, 3.8) is 0 Å². The Labute approximate surface area is 156 Å². The van der Waals surface area contributed by atoms with Crippen LogP contribution in [0.2, 0.25) is 0 Å². The number of hydrogen-bond acceptors (Lipinski definition) is 4. The Morgan fingerprint density at radius 3 is 2.88 bits per heavy atom. The molecule has 3 rings (SSSR count). The smallest absolute Gasteiger partial charge is 0.291 e. The van der Waals surface area contributed by atoms with Crippen LogP contribution in [-0.2, 0) is 6.42 Å². The maximum absolute atomic E-state index is 12.5. The summed E-state index contributed by atoms with van der Waals surface area (Å²) in [6.45, 7) is 8.04. The number of aromatic nitrogens is 1. The van der Waals surface area contributed by atoms with E-state index in [1.807, 2.05) is 7.05 Å². The fourth-order valence-corrected chi connectivity index (χ4v) is 3.82. The third-order valence-electron chi connectivity index (χ3n) is 5.38. The summed E-state index contributed by atoms with van der Waals surface area (Å²) in [7, 11) is 1.86. The number of benzene rings is 1. The van der Waals surface area contributed by atoms with Crippen LogP contribution in [-0.4, -0.2) is 53.9 Å². The minimum absolute atomic E-state index is 0.0722. The summed E-state index contributed by atoms with van der Waals surface area (Å²) in [6.07, 6.45) is 4.80. The van der Waals surface area contributed by atoms with Crippen molar-refractivity contribution in [2.24, 2.45) is 5.92 Å². The first-order valence-electron chi connectivity index (χ1n) is 9.47. The zero-order chi connectivity index (χ0) is 18.5. The molecule has 1 amide bonds. The summed E-state index contributed by atoms with van der Waals surface area (Å²) in [6, 6.07) is 8.62. The van der Waals surface area contributed by atoms with Crippen molar-refractivity contribution in [2.75, 3.05) is 33.2 Å². The Hall–Kier alpha value is -2.14. The molecule has 0 N–H and O–H groups in total. The van der Waals surface area contributed by atoms with Gasteiger partial charge in [0.1, 0.15) is 0 Å². The van der Waals surface area contributed by atoms with E-state index in [-0.39, 0.29) is 5.91 Å². The lowest BCUT2D eigenvalue weighted by Crippen LogP contribution is -2.42. The Morgan fingerprint density at radius 2 is 2.15 bits per heavy atom. The van der Waals surface area contributed by atoms with Crippen LogP contribution in [0.5, 0.6) is 0 Å². The lowest BCUT2D eigenvalue weighted by atomic mass is 9.96. The number of piperidine rings is 1. The van der Waals surface area contributed by atoms with Crippen molar-refractivity contribution in [1.82, 2.24) is 14.8 Å². The van der Waals surface area contributed by atoms with E-state index in [4.69, 9.17) is 4.42 Å². The van der Waals surface area contributed by atoms with Crippen molar-refractivity contribution < 1.29 is 9.21 Å². The van der Waals surface area contributed by atoms with Gasteiger partial charge in [-0.3, -0.25) is 4.79 Å². The molecule has 0 spiro atoms. The van der Waals surface area contributed by atoms with Crippen molar-refractivity contribution >= 4 is 5.91 Å². The second-order valence-electron chi connectivity index (χ2n) is 7.44. The molecular formula is C21H29N3O2. The van der Waals surface area contributed by atoms with Crippen LogP contribution in [0.15, 0.2) is 35.1 Å². The predicted molar refractivity (Wildman–Crippen MR) is 102 cm³/mol. The molecule has 5 heteroatoms. The summed E-state index contributed by atoms with van der Waals surface area (Å²) in [4.78, 5) is 20.8. The highest BCUT2D eigenvalue weighted by Gasteiger charge is 2.25. The van der Waals surface area contributed by atoms with Gasteiger partial charge in [-0.25, -0.2) is 4.98 Å². The Balaban J connectivity index is 1.51. The van der Waals surface area contributed by atoms with Gasteiger partial charge in [-0.05, 0) is 56.7 Å². The molecule has 1 aliphatic rings. The van der Waals surface area contributed by atoms with Gasteiger partial charge in [0, 0.05) is 26.7 Å². The van der Waals surface area contributed by atoms with Crippen LogP contribution in [0.1, 0.15) is 40.2 Å². The molecule has 26 heavy (non-hydrogen) atoms. The summed E-state index contributed by atoms with van der Waals surface area (Å²) >= 11 is 0. The van der Waals surface area contributed by atoms with Gasteiger partial charge in [-0.2, -0.15) is 0 Å². The molecule has 5 nitrogen and oxygen atoms in total. The quantitative estimate of drug-likeness (QED) is 0.798. The number of rotatable bonds is 6. The zero-order valence-electron chi connectivity index (χ0n) is 16.1. The zero-order valence-corrected chi connectivity index (χ0v) is 16.1. The highest BCUT2D eigenvalue weighted by Crippen LogP contribution is 2.19. The molecule has 1 aromatic heterocycles. The maximum Gasteiger partial charge on any atom is 0.291 e. The van der Waals surface area contributed by atoms with Gasteiger partial charge in [0.05, 0.1) is 5.69 Å². The number of aryl methyl sites for hydroxylation is 2. The van der Waals surface area contributed by atoms with E-state index in [0.29, 0.717) is 17.4 Å². The second kappa shape index (κ2) is 8.49. The van der Waals surface area contributed by atoms with Gasteiger partial charge in [0.25, 0.3) is 5.91 Å². The van der Waals surface area contributed by atoms with Gasteiger partial charge in [-0.1, -0.05) is 24.3 Å². The molecule has 2 heterocycles. The van der Waals surface area contributed by atoms with E-state index >= 15 is 0 Å². The first kappa shape index (κ1) is 18.6. The van der Waals surface area contributed by atoms with Gasteiger partial charge >= 0.3 is 0 Å². The fourth-order valence-electron chi connectivity index (χ4n) is 3.82. The third-order valence-corrected chi connectivity index (χ3v) is 5.38. The molecule has 1 atom stereocenters. The maximum atomic E-state index is 12.5. The Kier molecular flexibility index (Phi) is 6.09. The predicted octanol–water partition coefficient (Wildman–Crippen LogP) is 3.32. The average molecular weight is 355 g/mol. The summed E-state index contributed by atoms with van der Waals surface area (Å²) < 4.78 is 5.24. The van der Waals surface area contributed by atoms with E-state index < -0.39 is 0 Å². The molecule has 0 unspecified atom stereocenters. The highest BCUT2D eigenvalue weighted by atomic mass is 16.3. The van der Waals surface area contributed by atoms with Crippen molar-refractivity contribution in [2.45, 2.75) is 33.1 Å². The number of carbonyl (C=O) groups excluding carboxylic acids is 1. The average Bonchev–Trinajstić information content (AvgIpc) is 3.06. The Bertz CT molecular complexity index is 740. The van der Waals surface area contributed by atoms with Gasteiger partial charge in [0.15, 0.2) is 6.39 Å². The molecule has 0 saturated carbocycles. The summed E-state index contributed by atoms with van der Waals surface area (Å²) in [5.74, 6) is 0.801. The molecular weight excluding hydrogens is 326 g/mol. The largest absolute Gasteiger partial charge is 0.438 e. The molecule has 2 aromatic rings. The molecule has 1 aromatic carbocycles. The molecule has 0 aliphatic carbocycles. The SMILES string of the molecule is Cc1ccccc1CCN1CCC[C@@H](CN(C)C(=O)c2ocnc2C)C1. The molecule has 1 fully saturated rings. The molecule has 0 bridgehead atoms. The first-order valence-corrected chi connectivity index (χ1v) is 9.47. The number of hydrogen-bond donors (Lipinski definition) is 0. The van der Waals surface area contributed by atoms with Gasteiger partial charge in [-0.15, -0.1) is 0 Å². The highest BCUT2D eigenvalue weighted by molar-refractivity contribution is 5.92. The minimum Gasteiger partial charge on any atom is -0.438 e. The van der Waals surface area contributed by atoms with Crippen molar-refractivity contribution in [1.29, 1.82) is 0 Å². The van der Waals surface area contributed by atoms with Crippen LogP contribution in [0.25, 0.3) is 0 Å². The molecule has 1 aliphatic heterocycles. The van der Waals surface area contributed by atoms with Crippen LogP contribution >= 0.6 is 0 Å². The van der Waals surface area contributed by atoms with E-state index in [1.54, 1.807) is 11.8 Å². The van der Waals surface area contributed by atoms with E-state index in [0.717, 1.165) is 32.6 Å². The van der Waals surface area contributed by atoms with Gasteiger partial charge in [0.2, 0.25) is 5.76 Å². The summed E-state index contributed by atoms with van der Waals surface area (Å²) in [5, 5.41) is 0. The number of carbonyl (C=O) groups is 1. The van der Waals surface area contributed by atoms with E-state index in [1.165, 1.54) is 30.4 Å². The van der Waals surface area contributed by atoms with Crippen LogP contribution in [0.3, 0.4) is 0 Å². The molecule has 1 saturated heterocycles. The van der Waals surface area contributed by atoms with Crippen molar-refractivity contribution in [3.05, 3.63) is 53.2 Å². The Morgan fingerprint density at radius 1 is 1.35 bits per heavy atom. The van der Waals surface area contributed by atoms with E-state index in [2.05, 4.69) is 41.1 Å².